The van der Waals surface area contributed by atoms with Gasteiger partial charge in [0.25, 0.3) is 0 Å². The average molecular weight is 438 g/mol. The minimum Gasteiger partial charge on any atom is -0.392 e. The minimum absolute atomic E-state index is 0.0248. The van der Waals surface area contributed by atoms with E-state index in [1.54, 1.807) is 21.3 Å². The van der Waals surface area contributed by atoms with Crippen LogP contribution in [0, 0.1) is 40.4 Å². The molecule has 1 heterocycles. The van der Waals surface area contributed by atoms with Crippen LogP contribution in [0.1, 0.15) is 32.6 Å². The maximum atomic E-state index is 12.5. The molecule has 1 spiro atoms. The summed E-state index contributed by atoms with van der Waals surface area (Å²) in [7, 11) is 5.24. The third kappa shape index (κ3) is 2.12. The van der Waals surface area contributed by atoms with Crippen molar-refractivity contribution in [1.82, 2.24) is 4.90 Å². The fourth-order valence-electron chi connectivity index (χ4n) is 10.7. The number of aliphatic hydroxyl groups is 3. The van der Waals surface area contributed by atoms with E-state index < -0.39 is 17.8 Å². The maximum absolute atomic E-state index is 12.5. The zero-order valence-electron chi connectivity index (χ0n) is 19.2. The molecule has 13 atom stereocenters. The molecule has 0 aromatic carbocycles. The van der Waals surface area contributed by atoms with Gasteiger partial charge in [0.2, 0.25) is 0 Å². The van der Waals surface area contributed by atoms with Crippen molar-refractivity contribution in [2.24, 2.45) is 40.4 Å². The fraction of sp³-hybridized carbons (Fsp3) is 1.00. The number of methoxy groups -OCH3 is 3. The van der Waals surface area contributed by atoms with Crippen LogP contribution in [-0.4, -0.2) is 97.3 Å². The summed E-state index contributed by atoms with van der Waals surface area (Å²) in [5.74, 6) is -0.168. The second-order valence-corrected chi connectivity index (χ2v) is 11.6. The standard InChI is InChI=1S/C24H39NO6/c1-5-25-10-22(11-29-2)7-6-15(26)24-13-8-12-14(30-3)9-23(28,16(13)18(12)27)17(21(24)25)19(31-4)20(22)24/h12-21,26-28H,5-11H2,1-4H3/t12-,13?,14+,15+,16?,17+,18+,19-,20?,21-,22+,23-,24+/m1/s1. The largest absolute Gasteiger partial charge is 0.392 e. The van der Waals surface area contributed by atoms with Gasteiger partial charge in [-0.05, 0) is 31.7 Å². The molecule has 0 aromatic rings. The van der Waals surface area contributed by atoms with Crippen molar-refractivity contribution in [1.29, 1.82) is 0 Å². The van der Waals surface area contributed by atoms with Crippen LogP contribution < -0.4 is 0 Å². The highest BCUT2D eigenvalue weighted by molar-refractivity contribution is 5.35. The molecule has 176 valence electrons. The highest BCUT2D eigenvalue weighted by Crippen LogP contribution is 2.79. The molecule has 3 N–H and O–H groups in total. The molecular weight excluding hydrogens is 398 g/mol. The van der Waals surface area contributed by atoms with Gasteiger partial charge in [-0.15, -0.1) is 0 Å². The van der Waals surface area contributed by atoms with Gasteiger partial charge < -0.3 is 29.5 Å². The number of ether oxygens (including phenoxy) is 3. The van der Waals surface area contributed by atoms with E-state index in [4.69, 9.17) is 14.2 Å². The summed E-state index contributed by atoms with van der Waals surface area (Å²) >= 11 is 0. The van der Waals surface area contributed by atoms with Crippen molar-refractivity contribution in [2.45, 2.75) is 68.7 Å². The molecule has 5 aliphatic carbocycles. The van der Waals surface area contributed by atoms with Crippen LogP contribution in [0.25, 0.3) is 0 Å². The second-order valence-electron chi connectivity index (χ2n) is 11.6. The first-order valence-corrected chi connectivity index (χ1v) is 12.2. The van der Waals surface area contributed by atoms with Crippen molar-refractivity contribution in [2.75, 3.05) is 41.0 Å². The van der Waals surface area contributed by atoms with E-state index in [1.807, 2.05) is 0 Å². The Morgan fingerprint density at radius 3 is 2.52 bits per heavy atom. The van der Waals surface area contributed by atoms with Crippen molar-refractivity contribution >= 4 is 0 Å². The van der Waals surface area contributed by atoms with E-state index in [9.17, 15) is 15.3 Å². The van der Waals surface area contributed by atoms with Crippen molar-refractivity contribution in [3.8, 4) is 0 Å². The Bertz CT molecular complexity index is 752. The Morgan fingerprint density at radius 1 is 1.10 bits per heavy atom. The molecule has 3 unspecified atom stereocenters. The molecule has 6 rings (SSSR count). The quantitative estimate of drug-likeness (QED) is 0.577. The first kappa shape index (κ1) is 21.3. The summed E-state index contributed by atoms with van der Waals surface area (Å²) in [5, 5.41) is 35.7. The summed E-state index contributed by atoms with van der Waals surface area (Å²) in [6, 6.07) is 0.0561. The van der Waals surface area contributed by atoms with E-state index in [2.05, 4.69) is 11.8 Å². The summed E-state index contributed by atoms with van der Waals surface area (Å²) < 4.78 is 18.0. The predicted octanol–water partition coefficient (Wildman–Crippen LogP) is 0.502. The van der Waals surface area contributed by atoms with E-state index in [1.165, 1.54) is 0 Å². The van der Waals surface area contributed by atoms with Crippen LogP contribution in [0.3, 0.4) is 0 Å². The number of fused-ring (bicyclic) bond motifs is 2. The Morgan fingerprint density at radius 2 is 1.87 bits per heavy atom. The highest BCUT2D eigenvalue weighted by Gasteiger charge is 2.86. The number of nitrogens with zero attached hydrogens (tertiary/aromatic N) is 1. The Balaban J connectivity index is 1.62. The van der Waals surface area contributed by atoms with Crippen molar-refractivity contribution < 1.29 is 29.5 Å². The summed E-state index contributed by atoms with van der Waals surface area (Å²) in [6.45, 7) is 4.63. The van der Waals surface area contributed by atoms with Crippen LogP contribution in [0.4, 0.5) is 0 Å². The lowest BCUT2D eigenvalue weighted by Crippen LogP contribution is -2.76. The Kier molecular flexibility index (Phi) is 4.56. The van der Waals surface area contributed by atoms with Gasteiger partial charge in [0.05, 0.1) is 36.6 Å². The molecular formula is C24H39NO6. The van der Waals surface area contributed by atoms with E-state index in [0.717, 1.165) is 32.4 Å². The Labute approximate surface area is 185 Å². The monoisotopic (exact) mass is 437 g/mol. The summed E-state index contributed by atoms with van der Waals surface area (Å²) in [4.78, 5) is 2.52. The molecule has 6 fully saturated rings. The summed E-state index contributed by atoms with van der Waals surface area (Å²) in [6.07, 6.45) is 1.65. The number of hydrogen-bond acceptors (Lipinski definition) is 7. The SMILES string of the molecule is CCN1C[C@]2(COC)CC[C@H](O)[C@@]34C5C[C@@H]6[C@@H](OC)C[C@@](O)(C5[C@H]6O)[C@@H]([C@@H](OC)C23)[C@@H]14. The van der Waals surface area contributed by atoms with Gasteiger partial charge in [-0.1, -0.05) is 6.92 Å². The number of rotatable bonds is 5. The molecule has 7 bridgehead atoms. The molecule has 0 amide bonds. The predicted molar refractivity (Wildman–Crippen MR) is 112 cm³/mol. The molecule has 1 aliphatic heterocycles. The van der Waals surface area contributed by atoms with Gasteiger partial charge >= 0.3 is 0 Å². The van der Waals surface area contributed by atoms with Gasteiger partial charge in [0.15, 0.2) is 0 Å². The van der Waals surface area contributed by atoms with E-state index >= 15 is 0 Å². The molecule has 0 aromatic heterocycles. The second kappa shape index (κ2) is 6.65. The smallest absolute Gasteiger partial charge is 0.0796 e. The lowest BCUT2D eigenvalue weighted by atomic mass is 9.43. The topological polar surface area (TPSA) is 91.6 Å². The van der Waals surface area contributed by atoms with E-state index in [0.29, 0.717) is 13.0 Å². The molecule has 7 heteroatoms. The molecule has 31 heavy (non-hydrogen) atoms. The van der Waals surface area contributed by atoms with Crippen LogP contribution in [0.15, 0.2) is 0 Å². The van der Waals surface area contributed by atoms with Crippen LogP contribution >= 0.6 is 0 Å². The summed E-state index contributed by atoms with van der Waals surface area (Å²) in [5.41, 5.74) is -1.54. The Hall–Kier alpha value is -0.280. The lowest BCUT2D eigenvalue weighted by Gasteiger charge is -2.68. The first-order chi connectivity index (χ1) is 14.9. The lowest BCUT2D eigenvalue weighted by molar-refractivity contribution is -0.272. The number of aliphatic hydroxyl groups excluding tert-OH is 2. The maximum Gasteiger partial charge on any atom is 0.0796 e. The van der Waals surface area contributed by atoms with E-state index in [-0.39, 0.29) is 58.7 Å². The molecule has 1 saturated heterocycles. The van der Waals surface area contributed by atoms with Crippen LogP contribution in [0.2, 0.25) is 0 Å². The molecule has 5 saturated carbocycles. The first-order valence-electron chi connectivity index (χ1n) is 12.2. The zero-order valence-corrected chi connectivity index (χ0v) is 19.2. The third-order valence-corrected chi connectivity index (χ3v) is 11.1. The number of likely N-dealkylation sites (tertiary alicyclic amines) is 1. The molecule has 0 radical (unpaired) electrons. The number of piperidine rings is 1. The minimum atomic E-state index is -1.05. The zero-order chi connectivity index (χ0) is 21.9. The molecule has 7 nitrogen and oxygen atoms in total. The normalized spacial score (nSPS) is 61.6. The van der Waals surface area contributed by atoms with Gasteiger partial charge in [-0.25, -0.2) is 0 Å². The third-order valence-electron chi connectivity index (χ3n) is 11.1. The number of hydrogen-bond donors (Lipinski definition) is 3. The fourth-order valence-corrected chi connectivity index (χ4v) is 10.7. The van der Waals surface area contributed by atoms with Gasteiger partial charge in [-0.3, -0.25) is 4.90 Å². The average Bonchev–Trinajstić information content (AvgIpc) is 3.16. The van der Waals surface area contributed by atoms with Crippen molar-refractivity contribution in [3.63, 3.8) is 0 Å². The van der Waals surface area contributed by atoms with Crippen LogP contribution in [-0.2, 0) is 14.2 Å². The molecule has 6 aliphatic rings. The highest BCUT2D eigenvalue weighted by atomic mass is 16.5. The van der Waals surface area contributed by atoms with Crippen molar-refractivity contribution in [3.05, 3.63) is 0 Å². The van der Waals surface area contributed by atoms with Gasteiger partial charge in [0.1, 0.15) is 0 Å². The van der Waals surface area contributed by atoms with Gasteiger partial charge in [0, 0.05) is 74.8 Å². The van der Waals surface area contributed by atoms with Gasteiger partial charge in [-0.2, -0.15) is 0 Å². The van der Waals surface area contributed by atoms with Crippen LogP contribution in [0.5, 0.6) is 0 Å².